The molecule has 100 valence electrons. The third kappa shape index (κ3) is 2.53. The Morgan fingerprint density at radius 1 is 1.21 bits per heavy atom. The molecular weight excluding hydrogens is 266 g/mol. The highest BCUT2D eigenvalue weighted by Crippen LogP contribution is 2.19. The smallest absolute Gasteiger partial charge is 0.267 e. The molecule has 2 rings (SSSR count). The monoisotopic (exact) mass is 278 g/mol. The zero-order valence-corrected chi connectivity index (χ0v) is 11.0. The number of hydrogen-bond acceptors (Lipinski definition) is 4. The van der Waals surface area contributed by atoms with E-state index in [0.717, 1.165) is 3.97 Å². The number of carbonyl (C=O) groups excluding carboxylic acids is 1. The highest BCUT2D eigenvalue weighted by molar-refractivity contribution is 7.90. The van der Waals surface area contributed by atoms with Crippen LogP contribution in [0.15, 0.2) is 53.7 Å². The zero-order chi connectivity index (χ0) is 14.0. The van der Waals surface area contributed by atoms with Gasteiger partial charge in [0.15, 0.2) is 0 Å². The quantitative estimate of drug-likeness (QED) is 0.819. The van der Waals surface area contributed by atoms with Crippen molar-refractivity contribution in [3.05, 3.63) is 54.4 Å². The maximum Gasteiger partial charge on any atom is 0.267 e. The summed E-state index contributed by atoms with van der Waals surface area (Å²) < 4.78 is 25.5. The van der Waals surface area contributed by atoms with Crippen LogP contribution in [-0.2, 0) is 14.8 Å². The molecular formula is C13H12NO4S-. The molecule has 0 saturated heterocycles. The van der Waals surface area contributed by atoms with Gasteiger partial charge >= 0.3 is 0 Å². The van der Waals surface area contributed by atoms with E-state index in [4.69, 9.17) is 0 Å². The Kier molecular flexibility index (Phi) is 3.44. The molecule has 0 aliphatic rings. The van der Waals surface area contributed by atoms with Crippen LogP contribution in [0.4, 0.5) is 0 Å². The summed E-state index contributed by atoms with van der Waals surface area (Å²) in [6.45, 7) is 1.45. The van der Waals surface area contributed by atoms with Gasteiger partial charge in [0.2, 0.25) is 0 Å². The maximum atomic E-state index is 12.2. The van der Waals surface area contributed by atoms with Crippen molar-refractivity contribution < 1.29 is 18.3 Å². The Hall–Kier alpha value is -2.08. The number of carbonyl (C=O) groups is 1. The van der Waals surface area contributed by atoms with E-state index in [9.17, 15) is 18.3 Å². The Morgan fingerprint density at radius 3 is 2.42 bits per heavy atom. The van der Waals surface area contributed by atoms with Crippen molar-refractivity contribution in [2.24, 2.45) is 0 Å². The first kappa shape index (κ1) is 13.4. The highest BCUT2D eigenvalue weighted by atomic mass is 32.2. The van der Waals surface area contributed by atoms with Gasteiger partial charge in [0.25, 0.3) is 10.0 Å². The minimum absolute atomic E-state index is 0.151. The van der Waals surface area contributed by atoms with Gasteiger partial charge in [-0.3, -0.25) is 0 Å². The molecule has 2 aromatic rings. The van der Waals surface area contributed by atoms with Gasteiger partial charge < -0.3 is 9.90 Å². The van der Waals surface area contributed by atoms with E-state index in [0.29, 0.717) is 5.56 Å². The number of benzene rings is 1. The van der Waals surface area contributed by atoms with Crippen LogP contribution in [0.3, 0.4) is 0 Å². The second-order valence-corrected chi connectivity index (χ2v) is 5.98. The number of carboxylic acid groups (broad SMARTS) is 1. The highest BCUT2D eigenvalue weighted by Gasteiger charge is 2.17. The summed E-state index contributed by atoms with van der Waals surface area (Å²) in [7, 11) is -3.67. The maximum absolute atomic E-state index is 12.2. The van der Waals surface area contributed by atoms with Gasteiger partial charge in [0, 0.05) is 24.3 Å². The first-order valence-electron chi connectivity index (χ1n) is 5.62. The van der Waals surface area contributed by atoms with Crippen LogP contribution in [-0.4, -0.2) is 18.4 Å². The molecule has 0 spiro atoms. The normalized spacial score (nSPS) is 13.1. The van der Waals surface area contributed by atoms with Gasteiger partial charge in [-0.15, -0.1) is 0 Å². The number of nitrogens with zero attached hydrogens (tertiary/aromatic N) is 1. The van der Waals surface area contributed by atoms with Crippen LogP contribution in [0.1, 0.15) is 18.4 Å². The van der Waals surface area contributed by atoms with Crippen molar-refractivity contribution in [2.75, 3.05) is 0 Å². The van der Waals surface area contributed by atoms with Crippen LogP contribution in [0.2, 0.25) is 0 Å². The van der Waals surface area contributed by atoms with E-state index in [1.807, 2.05) is 0 Å². The van der Waals surface area contributed by atoms with Crippen molar-refractivity contribution in [1.82, 2.24) is 3.97 Å². The Bertz CT molecular complexity index is 688. The average molecular weight is 278 g/mol. The first-order valence-corrected chi connectivity index (χ1v) is 7.06. The molecule has 0 radical (unpaired) electrons. The summed E-state index contributed by atoms with van der Waals surface area (Å²) in [5.41, 5.74) is 0.388. The van der Waals surface area contributed by atoms with E-state index in [1.54, 1.807) is 18.2 Å². The van der Waals surface area contributed by atoms with E-state index < -0.39 is 21.9 Å². The average Bonchev–Trinajstić information content (AvgIpc) is 2.89. The number of rotatable bonds is 4. The lowest BCUT2D eigenvalue weighted by Crippen LogP contribution is -2.27. The Morgan fingerprint density at radius 2 is 1.84 bits per heavy atom. The molecule has 0 bridgehead atoms. The van der Waals surface area contributed by atoms with Gasteiger partial charge in [0.05, 0.1) is 4.90 Å². The second kappa shape index (κ2) is 4.89. The summed E-state index contributed by atoms with van der Waals surface area (Å²) in [5.74, 6) is -2.10. The molecule has 6 heteroatoms. The Balaban J connectivity index is 2.41. The lowest BCUT2D eigenvalue weighted by atomic mass is 10.1. The summed E-state index contributed by atoms with van der Waals surface area (Å²) in [5, 5.41) is 10.8. The van der Waals surface area contributed by atoms with Crippen molar-refractivity contribution in [3.8, 4) is 0 Å². The van der Waals surface area contributed by atoms with Crippen LogP contribution >= 0.6 is 0 Å². The lowest BCUT2D eigenvalue weighted by molar-refractivity contribution is -0.307. The molecule has 1 aromatic carbocycles. The first-order chi connectivity index (χ1) is 8.93. The fourth-order valence-corrected chi connectivity index (χ4v) is 2.87. The molecule has 0 amide bonds. The molecule has 1 atom stereocenters. The summed E-state index contributed by atoms with van der Waals surface area (Å²) in [4.78, 5) is 10.9. The predicted octanol–water partition coefficient (Wildman–Crippen LogP) is 0.578. The van der Waals surface area contributed by atoms with E-state index >= 15 is 0 Å². The molecule has 0 saturated carbocycles. The molecule has 19 heavy (non-hydrogen) atoms. The van der Waals surface area contributed by atoms with Crippen molar-refractivity contribution in [1.29, 1.82) is 0 Å². The molecule has 0 aliphatic heterocycles. The van der Waals surface area contributed by atoms with Gasteiger partial charge in [-0.1, -0.05) is 25.1 Å². The summed E-state index contributed by atoms with van der Waals surface area (Å²) in [6, 6.07) is 9.40. The lowest BCUT2D eigenvalue weighted by Gasteiger charge is -2.10. The standard InChI is InChI=1S/C13H13NO4S/c1-10(13(15)16)11-7-8-14(9-11)19(17,18)12-5-3-2-4-6-12/h2-10H,1H3,(H,15,16)/p-1. The zero-order valence-electron chi connectivity index (χ0n) is 10.2. The van der Waals surface area contributed by atoms with Gasteiger partial charge in [-0.05, 0) is 23.8 Å². The largest absolute Gasteiger partial charge is 0.550 e. The molecule has 1 unspecified atom stereocenters. The third-order valence-corrected chi connectivity index (χ3v) is 4.51. The summed E-state index contributed by atoms with van der Waals surface area (Å²) in [6.07, 6.45) is 2.62. The summed E-state index contributed by atoms with van der Waals surface area (Å²) >= 11 is 0. The topological polar surface area (TPSA) is 79.2 Å². The molecule has 0 fully saturated rings. The SMILES string of the molecule is CC(C(=O)[O-])c1ccn(S(=O)(=O)c2ccccc2)c1. The molecule has 5 nitrogen and oxygen atoms in total. The van der Waals surface area contributed by atoms with E-state index in [2.05, 4.69) is 0 Å². The molecule has 0 N–H and O–H groups in total. The number of aromatic nitrogens is 1. The van der Waals surface area contributed by atoms with Crippen molar-refractivity contribution in [2.45, 2.75) is 17.7 Å². The second-order valence-electron chi connectivity index (χ2n) is 4.13. The number of aliphatic carboxylic acids is 1. The molecule has 1 heterocycles. The van der Waals surface area contributed by atoms with E-state index in [-0.39, 0.29) is 4.90 Å². The van der Waals surface area contributed by atoms with Gasteiger partial charge in [0.1, 0.15) is 0 Å². The van der Waals surface area contributed by atoms with Crippen LogP contribution in [0, 0.1) is 0 Å². The number of carboxylic acids is 1. The Labute approximate surface area is 111 Å². The van der Waals surface area contributed by atoms with Crippen molar-refractivity contribution in [3.63, 3.8) is 0 Å². The predicted molar refractivity (Wildman–Crippen MR) is 66.9 cm³/mol. The van der Waals surface area contributed by atoms with Crippen LogP contribution < -0.4 is 5.11 Å². The van der Waals surface area contributed by atoms with Crippen LogP contribution in [0.5, 0.6) is 0 Å². The van der Waals surface area contributed by atoms with Crippen LogP contribution in [0.25, 0.3) is 0 Å². The minimum atomic E-state index is -3.67. The molecule has 0 aliphatic carbocycles. The molecule has 1 aromatic heterocycles. The van der Waals surface area contributed by atoms with Gasteiger partial charge in [-0.2, -0.15) is 0 Å². The number of hydrogen-bond donors (Lipinski definition) is 0. The minimum Gasteiger partial charge on any atom is -0.550 e. The third-order valence-electron chi connectivity index (χ3n) is 2.86. The van der Waals surface area contributed by atoms with Gasteiger partial charge in [-0.25, -0.2) is 12.4 Å². The fourth-order valence-electron chi connectivity index (χ4n) is 1.65. The fraction of sp³-hybridized carbons (Fsp3) is 0.154. The van der Waals surface area contributed by atoms with E-state index in [1.165, 1.54) is 37.5 Å². The van der Waals surface area contributed by atoms with Crippen molar-refractivity contribution >= 4 is 16.0 Å².